The highest BCUT2D eigenvalue weighted by Gasteiger charge is 2.12. The molecular weight excluding hydrogens is 326 g/mol. The minimum atomic E-state index is 0.185. The molecule has 0 atom stereocenters. The van der Waals surface area contributed by atoms with Gasteiger partial charge in [0.05, 0.1) is 0 Å². The first-order chi connectivity index (χ1) is 12.7. The van der Waals surface area contributed by atoms with Gasteiger partial charge < -0.3 is 10.2 Å². The number of nitrogens with zero attached hydrogens (tertiary/aromatic N) is 3. The van der Waals surface area contributed by atoms with Gasteiger partial charge in [0.2, 0.25) is 0 Å². The van der Waals surface area contributed by atoms with Crippen molar-refractivity contribution in [3.63, 3.8) is 0 Å². The molecule has 1 heterocycles. The van der Waals surface area contributed by atoms with Gasteiger partial charge in [0.25, 0.3) is 0 Å². The highest BCUT2D eigenvalue weighted by Crippen LogP contribution is 2.26. The van der Waals surface area contributed by atoms with Crippen LogP contribution in [0.3, 0.4) is 0 Å². The molecule has 3 aromatic carbocycles. The molecule has 0 aliphatic carbocycles. The molecule has 4 aromatic rings. The van der Waals surface area contributed by atoms with Crippen LogP contribution in [0.5, 0.6) is 11.5 Å². The van der Waals surface area contributed by atoms with Crippen molar-refractivity contribution in [2.24, 2.45) is 0 Å². The minimum absolute atomic E-state index is 0.185. The molecule has 0 saturated carbocycles. The van der Waals surface area contributed by atoms with Crippen LogP contribution in [0.2, 0.25) is 0 Å². The Morgan fingerprint density at radius 1 is 0.423 bits per heavy atom. The average Bonchev–Trinajstić information content (AvgIpc) is 2.69. The second-order valence-corrected chi connectivity index (χ2v) is 5.77. The van der Waals surface area contributed by atoms with Crippen molar-refractivity contribution in [1.29, 1.82) is 0 Å². The molecule has 4 rings (SSSR count). The number of rotatable bonds is 3. The average molecular weight is 341 g/mol. The summed E-state index contributed by atoms with van der Waals surface area (Å²) in [7, 11) is 0. The van der Waals surface area contributed by atoms with E-state index in [1.807, 2.05) is 30.3 Å². The fourth-order valence-corrected chi connectivity index (χ4v) is 2.57. The first kappa shape index (κ1) is 15.8. The van der Waals surface area contributed by atoms with E-state index < -0.39 is 0 Å². The van der Waals surface area contributed by atoms with Gasteiger partial charge in [0.15, 0.2) is 17.5 Å². The summed E-state index contributed by atoms with van der Waals surface area (Å²) in [6, 6.07) is 23.1. The van der Waals surface area contributed by atoms with E-state index in [2.05, 4.69) is 15.0 Å². The van der Waals surface area contributed by atoms with E-state index in [9.17, 15) is 10.2 Å². The second-order valence-electron chi connectivity index (χ2n) is 5.77. The van der Waals surface area contributed by atoms with Crippen molar-refractivity contribution in [1.82, 2.24) is 15.0 Å². The summed E-state index contributed by atoms with van der Waals surface area (Å²) < 4.78 is 0. The van der Waals surface area contributed by atoms with E-state index in [1.54, 1.807) is 48.5 Å². The number of aromatic nitrogens is 3. The fraction of sp³-hybridized carbons (Fsp3) is 0. The number of phenolic OH excluding ortho intramolecular Hbond substituents is 2. The highest BCUT2D eigenvalue weighted by molar-refractivity contribution is 5.66. The third-order valence-corrected chi connectivity index (χ3v) is 3.92. The Hall–Kier alpha value is -3.73. The van der Waals surface area contributed by atoms with Crippen molar-refractivity contribution in [3.8, 4) is 45.7 Å². The van der Waals surface area contributed by atoms with E-state index in [0.29, 0.717) is 17.5 Å². The van der Waals surface area contributed by atoms with Crippen molar-refractivity contribution in [2.75, 3.05) is 0 Å². The minimum Gasteiger partial charge on any atom is -0.508 e. The van der Waals surface area contributed by atoms with Crippen molar-refractivity contribution < 1.29 is 10.2 Å². The predicted molar refractivity (Wildman–Crippen MR) is 99.5 cm³/mol. The van der Waals surface area contributed by atoms with Crippen LogP contribution in [0.1, 0.15) is 0 Å². The smallest absolute Gasteiger partial charge is 0.164 e. The summed E-state index contributed by atoms with van der Waals surface area (Å²) in [6.45, 7) is 0. The highest BCUT2D eigenvalue weighted by atomic mass is 16.3. The van der Waals surface area contributed by atoms with E-state index in [-0.39, 0.29) is 11.5 Å². The number of hydrogen-bond acceptors (Lipinski definition) is 5. The molecule has 5 heteroatoms. The lowest BCUT2D eigenvalue weighted by Crippen LogP contribution is -1.99. The zero-order chi connectivity index (χ0) is 17.9. The van der Waals surface area contributed by atoms with Crippen LogP contribution in [0.25, 0.3) is 34.2 Å². The van der Waals surface area contributed by atoms with Crippen LogP contribution in [0.4, 0.5) is 0 Å². The van der Waals surface area contributed by atoms with Gasteiger partial charge >= 0.3 is 0 Å². The van der Waals surface area contributed by atoms with Gasteiger partial charge in [-0.15, -0.1) is 0 Å². The summed E-state index contributed by atoms with van der Waals surface area (Å²) >= 11 is 0. The number of hydrogen-bond donors (Lipinski definition) is 2. The van der Waals surface area contributed by atoms with Crippen LogP contribution < -0.4 is 0 Å². The molecule has 5 nitrogen and oxygen atoms in total. The maximum absolute atomic E-state index is 9.52. The molecular formula is C21H15N3O2. The fourth-order valence-electron chi connectivity index (χ4n) is 2.57. The van der Waals surface area contributed by atoms with Crippen LogP contribution in [-0.4, -0.2) is 25.2 Å². The molecule has 2 N–H and O–H groups in total. The van der Waals surface area contributed by atoms with Crippen LogP contribution in [0.15, 0.2) is 78.9 Å². The van der Waals surface area contributed by atoms with E-state index in [0.717, 1.165) is 16.7 Å². The van der Waals surface area contributed by atoms with Gasteiger partial charge in [-0.3, -0.25) is 0 Å². The lowest BCUT2D eigenvalue weighted by molar-refractivity contribution is 0.475. The van der Waals surface area contributed by atoms with E-state index in [4.69, 9.17) is 0 Å². The standard InChI is InChI=1S/C21H15N3O2/c25-17-10-6-15(7-11-17)20-22-19(14-4-2-1-3-5-14)23-21(24-20)16-8-12-18(26)13-9-16/h1-13,25-26H. The molecule has 0 aliphatic rings. The quantitative estimate of drug-likeness (QED) is 0.581. The Morgan fingerprint density at radius 3 is 1.15 bits per heavy atom. The van der Waals surface area contributed by atoms with Gasteiger partial charge in [-0.25, -0.2) is 15.0 Å². The molecule has 0 amide bonds. The lowest BCUT2D eigenvalue weighted by atomic mass is 10.1. The second kappa shape index (κ2) is 6.64. The van der Waals surface area contributed by atoms with Crippen molar-refractivity contribution in [3.05, 3.63) is 78.9 Å². The molecule has 0 unspecified atom stereocenters. The van der Waals surface area contributed by atoms with Crippen LogP contribution >= 0.6 is 0 Å². The molecule has 0 spiro atoms. The molecule has 0 fully saturated rings. The summed E-state index contributed by atoms with van der Waals surface area (Å²) in [5.74, 6) is 1.96. The van der Waals surface area contributed by atoms with Crippen molar-refractivity contribution in [2.45, 2.75) is 0 Å². The molecule has 0 radical (unpaired) electrons. The first-order valence-corrected chi connectivity index (χ1v) is 8.09. The van der Waals surface area contributed by atoms with E-state index in [1.165, 1.54) is 0 Å². The van der Waals surface area contributed by atoms with Crippen molar-refractivity contribution >= 4 is 0 Å². The summed E-state index contributed by atoms with van der Waals surface area (Å²) in [4.78, 5) is 13.8. The predicted octanol–water partition coefficient (Wildman–Crippen LogP) is 4.28. The maximum atomic E-state index is 9.52. The number of benzene rings is 3. The normalized spacial score (nSPS) is 10.6. The van der Waals surface area contributed by atoms with Crippen LogP contribution in [-0.2, 0) is 0 Å². The SMILES string of the molecule is Oc1ccc(-c2nc(-c3ccccc3)nc(-c3ccc(O)cc3)n2)cc1. The molecule has 126 valence electrons. The zero-order valence-electron chi connectivity index (χ0n) is 13.7. The number of phenols is 2. The Kier molecular flexibility index (Phi) is 4.03. The molecule has 0 bridgehead atoms. The maximum Gasteiger partial charge on any atom is 0.164 e. The van der Waals surface area contributed by atoms with Crippen LogP contribution in [0, 0.1) is 0 Å². The molecule has 0 saturated heterocycles. The Bertz CT molecular complexity index is 967. The summed E-state index contributed by atoms with van der Waals surface area (Å²) in [5.41, 5.74) is 2.44. The van der Waals surface area contributed by atoms with Gasteiger partial charge in [0.1, 0.15) is 11.5 Å². The monoisotopic (exact) mass is 341 g/mol. The van der Waals surface area contributed by atoms with Gasteiger partial charge in [-0.05, 0) is 48.5 Å². The summed E-state index contributed by atoms with van der Waals surface area (Å²) in [6.07, 6.45) is 0. The Morgan fingerprint density at radius 2 is 0.769 bits per heavy atom. The molecule has 1 aromatic heterocycles. The van der Waals surface area contributed by atoms with E-state index >= 15 is 0 Å². The largest absolute Gasteiger partial charge is 0.508 e. The third-order valence-electron chi connectivity index (χ3n) is 3.92. The zero-order valence-corrected chi connectivity index (χ0v) is 13.7. The molecule has 0 aliphatic heterocycles. The lowest BCUT2D eigenvalue weighted by Gasteiger charge is -2.08. The third kappa shape index (κ3) is 3.23. The Labute approximate surface area is 150 Å². The summed E-state index contributed by atoms with van der Waals surface area (Å²) in [5, 5.41) is 19.0. The first-order valence-electron chi connectivity index (χ1n) is 8.09. The van der Waals surface area contributed by atoms with Gasteiger partial charge in [0, 0.05) is 16.7 Å². The number of aromatic hydroxyl groups is 2. The topological polar surface area (TPSA) is 79.1 Å². The van der Waals surface area contributed by atoms with Gasteiger partial charge in [-0.1, -0.05) is 30.3 Å². The Balaban J connectivity index is 1.89. The molecule has 26 heavy (non-hydrogen) atoms. The van der Waals surface area contributed by atoms with Gasteiger partial charge in [-0.2, -0.15) is 0 Å².